The van der Waals surface area contributed by atoms with E-state index in [9.17, 15) is 18.0 Å². The molecule has 3 aromatic rings. The third kappa shape index (κ3) is 5.06. The molecule has 1 aliphatic heterocycles. The molecule has 0 saturated carbocycles. The molecule has 1 heterocycles. The SMILES string of the molecule is CC(Oc1ccc(C(C)C)cc1)C(=O)N1c2ccc(S(N)(=O)=O)cc2NC(=O)C1c1ccccc1. The Hall–Kier alpha value is -3.69. The highest BCUT2D eigenvalue weighted by atomic mass is 32.2. The molecule has 0 bridgehead atoms. The molecule has 0 fully saturated rings. The molecular weight excluding hydrogens is 466 g/mol. The van der Waals surface area contributed by atoms with Crippen molar-refractivity contribution in [1.29, 1.82) is 0 Å². The number of rotatable bonds is 6. The van der Waals surface area contributed by atoms with Crippen molar-refractivity contribution in [1.82, 2.24) is 0 Å². The number of nitrogens with one attached hydrogen (secondary N) is 1. The predicted molar refractivity (Wildman–Crippen MR) is 134 cm³/mol. The summed E-state index contributed by atoms with van der Waals surface area (Å²) in [6.45, 7) is 5.80. The minimum atomic E-state index is -4.00. The number of nitrogens with two attached hydrogens (primary N) is 1. The third-order valence-corrected chi connectivity index (χ3v) is 6.79. The zero-order valence-corrected chi connectivity index (χ0v) is 20.5. The van der Waals surface area contributed by atoms with E-state index in [4.69, 9.17) is 9.88 Å². The van der Waals surface area contributed by atoms with Crippen LogP contribution in [0.1, 0.15) is 43.9 Å². The number of carbonyl (C=O) groups is 2. The number of fused-ring (bicyclic) bond motifs is 1. The van der Waals surface area contributed by atoms with Gasteiger partial charge in [-0.3, -0.25) is 14.5 Å². The van der Waals surface area contributed by atoms with Gasteiger partial charge in [0.05, 0.1) is 16.3 Å². The fourth-order valence-corrected chi connectivity index (χ4v) is 4.56. The second-order valence-corrected chi connectivity index (χ2v) is 10.3. The highest BCUT2D eigenvalue weighted by Gasteiger charge is 2.40. The summed E-state index contributed by atoms with van der Waals surface area (Å²) in [6.07, 6.45) is -0.928. The predicted octanol–water partition coefficient (Wildman–Crippen LogP) is 3.95. The summed E-state index contributed by atoms with van der Waals surface area (Å²) < 4.78 is 29.6. The van der Waals surface area contributed by atoms with E-state index in [1.165, 1.54) is 23.1 Å². The Bertz CT molecular complexity index is 1360. The van der Waals surface area contributed by atoms with Crippen LogP contribution in [-0.2, 0) is 19.6 Å². The molecule has 8 nitrogen and oxygen atoms in total. The molecular formula is C26H27N3O5S. The molecule has 3 aromatic carbocycles. The number of hydrogen-bond donors (Lipinski definition) is 2. The minimum Gasteiger partial charge on any atom is -0.481 e. The number of ether oxygens (including phenoxy) is 1. The number of sulfonamides is 1. The molecule has 3 N–H and O–H groups in total. The molecule has 0 aliphatic carbocycles. The molecule has 2 amide bonds. The molecule has 182 valence electrons. The molecule has 0 saturated heterocycles. The van der Waals surface area contributed by atoms with Crippen LogP contribution in [0, 0.1) is 0 Å². The molecule has 1 aliphatic rings. The van der Waals surface area contributed by atoms with Crippen molar-refractivity contribution >= 4 is 33.2 Å². The summed E-state index contributed by atoms with van der Waals surface area (Å²) in [5.41, 5.74) is 2.28. The zero-order chi connectivity index (χ0) is 25.3. The van der Waals surface area contributed by atoms with E-state index < -0.39 is 34.0 Å². The Morgan fingerprint density at radius 2 is 1.66 bits per heavy atom. The van der Waals surface area contributed by atoms with Gasteiger partial charge in [-0.1, -0.05) is 56.3 Å². The van der Waals surface area contributed by atoms with E-state index in [1.54, 1.807) is 31.2 Å². The fraction of sp³-hybridized carbons (Fsp3) is 0.231. The van der Waals surface area contributed by atoms with E-state index in [-0.39, 0.29) is 10.6 Å². The van der Waals surface area contributed by atoms with Gasteiger partial charge >= 0.3 is 0 Å². The molecule has 2 unspecified atom stereocenters. The monoisotopic (exact) mass is 493 g/mol. The molecule has 0 spiro atoms. The number of amides is 2. The van der Waals surface area contributed by atoms with Gasteiger partial charge in [-0.15, -0.1) is 0 Å². The Balaban J connectivity index is 1.73. The first-order valence-corrected chi connectivity index (χ1v) is 12.7. The summed E-state index contributed by atoms with van der Waals surface area (Å²) in [6, 6.07) is 19.4. The Kier molecular flexibility index (Phi) is 6.64. The summed E-state index contributed by atoms with van der Waals surface area (Å²) in [5.74, 6) is -0.0403. The number of nitrogens with zero attached hydrogens (tertiary/aromatic N) is 1. The van der Waals surface area contributed by atoms with E-state index in [0.29, 0.717) is 22.9 Å². The van der Waals surface area contributed by atoms with Crippen molar-refractivity contribution < 1.29 is 22.7 Å². The molecule has 9 heteroatoms. The van der Waals surface area contributed by atoms with Gasteiger partial charge in [0, 0.05) is 0 Å². The topological polar surface area (TPSA) is 119 Å². The lowest BCUT2D eigenvalue weighted by Crippen LogP contribution is -2.49. The van der Waals surface area contributed by atoms with Gasteiger partial charge in [-0.25, -0.2) is 13.6 Å². The van der Waals surface area contributed by atoms with Crippen molar-refractivity contribution in [2.45, 2.75) is 43.7 Å². The second kappa shape index (κ2) is 9.52. The van der Waals surface area contributed by atoms with Crippen LogP contribution < -0.4 is 20.1 Å². The molecule has 0 aromatic heterocycles. The van der Waals surface area contributed by atoms with Crippen LogP contribution in [0.2, 0.25) is 0 Å². The van der Waals surface area contributed by atoms with Crippen LogP contribution in [-0.4, -0.2) is 26.3 Å². The number of carbonyl (C=O) groups excluding carboxylic acids is 2. The van der Waals surface area contributed by atoms with Gasteiger partial charge < -0.3 is 10.1 Å². The summed E-state index contributed by atoms with van der Waals surface area (Å²) in [5, 5.41) is 7.98. The number of primary sulfonamides is 1. The van der Waals surface area contributed by atoms with Crippen molar-refractivity contribution in [3.63, 3.8) is 0 Å². The zero-order valence-electron chi connectivity index (χ0n) is 19.6. The van der Waals surface area contributed by atoms with Gasteiger partial charge in [0.15, 0.2) is 6.10 Å². The maximum absolute atomic E-state index is 13.7. The second-order valence-electron chi connectivity index (χ2n) is 8.72. The van der Waals surface area contributed by atoms with E-state index in [0.717, 1.165) is 5.56 Å². The molecule has 2 atom stereocenters. The summed E-state index contributed by atoms with van der Waals surface area (Å²) in [4.78, 5) is 28.1. The van der Waals surface area contributed by atoms with Crippen molar-refractivity contribution in [3.05, 3.63) is 83.9 Å². The Labute approximate surface area is 204 Å². The Morgan fingerprint density at radius 1 is 1.00 bits per heavy atom. The first-order valence-electron chi connectivity index (χ1n) is 11.2. The fourth-order valence-electron chi connectivity index (χ4n) is 4.02. The Morgan fingerprint density at radius 3 is 2.26 bits per heavy atom. The lowest BCUT2D eigenvalue weighted by Gasteiger charge is -2.38. The van der Waals surface area contributed by atoms with Gasteiger partial charge in [0.1, 0.15) is 11.8 Å². The van der Waals surface area contributed by atoms with Crippen LogP contribution in [0.4, 0.5) is 11.4 Å². The first kappa shape index (κ1) is 24.4. The van der Waals surface area contributed by atoms with E-state index in [1.807, 2.05) is 30.3 Å². The smallest absolute Gasteiger partial charge is 0.268 e. The summed E-state index contributed by atoms with van der Waals surface area (Å²) >= 11 is 0. The first-order chi connectivity index (χ1) is 16.6. The van der Waals surface area contributed by atoms with Gasteiger partial charge in [-0.2, -0.15) is 0 Å². The van der Waals surface area contributed by atoms with Crippen molar-refractivity contribution in [2.75, 3.05) is 10.2 Å². The molecule has 4 rings (SSSR count). The van der Waals surface area contributed by atoms with Gasteiger partial charge in [-0.05, 0) is 54.3 Å². The largest absolute Gasteiger partial charge is 0.481 e. The van der Waals surface area contributed by atoms with Gasteiger partial charge in [0.25, 0.3) is 11.8 Å². The van der Waals surface area contributed by atoms with Crippen LogP contribution in [0.15, 0.2) is 77.7 Å². The van der Waals surface area contributed by atoms with Crippen LogP contribution in [0.5, 0.6) is 5.75 Å². The number of hydrogen-bond acceptors (Lipinski definition) is 5. The van der Waals surface area contributed by atoms with Crippen molar-refractivity contribution in [3.8, 4) is 5.75 Å². The number of anilines is 2. The average molecular weight is 494 g/mol. The highest BCUT2D eigenvalue weighted by molar-refractivity contribution is 7.89. The van der Waals surface area contributed by atoms with E-state index >= 15 is 0 Å². The van der Waals surface area contributed by atoms with Crippen molar-refractivity contribution in [2.24, 2.45) is 5.14 Å². The minimum absolute atomic E-state index is 0.170. The lowest BCUT2D eigenvalue weighted by molar-refractivity contribution is -0.128. The van der Waals surface area contributed by atoms with Crippen LogP contribution in [0.25, 0.3) is 0 Å². The van der Waals surface area contributed by atoms with Crippen LogP contribution in [0.3, 0.4) is 0 Å². The quantitative estimate of drug-likeness (QED) is 0.539. The molecule has 35 heavy (non-hydrogen) atoms. The highest BCUT2D eigenvalue weighted by Crippen LogP contribution is 2.40. The number of benzene rings is 3. The normalized spacial score (nSPS) is 16.4. The average Bonchev–Trinajstić information content (AvgIpc) is 2.82. The lowest BCUT2D eigenvalue weighted by atomic mass is 9.99. The van der Waals surface area contributed by atoms with E-state index in [2.05, 4.69) is 19.2 Å². The van der Waals surface area contributed by atoms with Crippen LogP contribution >= 0.6 is 0 Å². The summed E-state index contributed by atoms with van der Waals surface area (Å²) in [7, 11) is -4.00. The maximum Gasteiger partial charge on any atom is 0.268 e. The van der Waals surface area contributed by atoms with Gasteiger partial charge in [0.2, 0.25) is 10.0 Å². The third-order valence-electron chi connectivity index (χ3n) is 5.88. The standard InChI is InChI=1S/C26H27N3O5S/c1-16(2)18-9-11-20(12-10-18)34-17(3)26(31)29-23-14-13-21(35(27,32)33)15-22(23)28-25(30)24(29)19-7-5-4-6-8-19/h4-17,24H,1-3H3,(H,28,30)(H2,27,32,33). The molecule has 0 radical (unpaired) electrons. The maximum atomic E-state index is 13.7.